The molecule has 4 heteroatoms. The number of aromatic nitrogens is 2. The fourth-order valence-electron chi connectivity index (χ4n) is 1.60. The summed E-state index contributed by atoms with van der Waals surface area (Å²) in [4.78, 5) is 4.37. The van der Waals surface area contributed by atoms with Crippen molar-refractivity contribution in [2.24, 2.45) is 7.05 Å². The van der Waals surface area contributed by atoms with Crippen molar-refractivity contribution < 1.29 is 4.74 Å². The van der Waals surface area contributed by atoms with Gasteiger partial charge in [0, 0.05) is 24.0 Å². The highest BCUT2D eigenvalue weighted by molar-refractivity contribution is 9.09. The number of alkyl halides is 1. The molecule has 0 spiro atoms. The Labute approximate surface area is 104 Å². The van der Waals surface area contributed by atoms with E-state index in [2.05, 4.69) is 20.9 Å². The van der Waals surface area contributed by atoms with Gasteiger partial charge in [0.05, 0.1) is 12.8 Å². The van der Waals surface area contributed by atoms with Crippen LogP contribution in [0.5, 0.6) is 5.75 Å². The van der Waals surface area contributed by atoms with Crippen molar-refractivity contribution in [1.29, 1.82) is 0 Å². The second-order valence-electron chi connectivity index (χ2n) is 3.76. The highest BCUT2D eigenvalue weighted by Crippen LogP contribution is 2.18. The van der Waals surface area contributed by atoms with E-state index in [9.17, 15) is 0 Å². The number of aryl methyl sites for hydroxylation is 1. The van der Waals surface area contributed by atoms with Crippen molar-refractivity contribution in [3.05, 3.63) is 24.5 Å². The molecule has 0 aliphatic rings. The maximum Gasteiger partial charge on any atom is 0.139 e. The average Bonchev–Trinajstić information content (AvgIpc) is 2.66. The Hall–Kier alpha value is -1.03. The number of unbranched alkanes of at least 4 members (excludes halogenated alkanes) is 1. The quantitative estimate of drug-likeness (QED) is 0.622. The summed E-state index contributed by atoms with van der Waals surface area (Å²) >= 11 is 3.40. The lowest BCUT2D eigenvalue weighted by Crippen LogP contribution is -1.98. The Kier molecular flexibility index (Phi) is 3.83. The number of rotatable bonds is 5. The van der Waals surface area contributed by atoms with Crippen molar-refractivity contribution in [2.45, 2.75) is 12.8 Å². The molecule has 2 heterocycles. The number of hydrogen-bond acceptors (Lipinski definition) is 2. The van der Waals surface area contributed by atoms with Gasteiger partial charge in [-0.15, -0.1) is 0 Å². The van der Waals surface area contributed by atoms with Crippen LogP contribution in [0, 0.1) is 0 Å². The first kappa shape index (κ1) is 11.5. The minimum atomic E-state index is 0.756. The Morgan fingerprint density at radius 2 is 2.31 bits per heavy atom. The van der Waals surface area contributed by atoms with E-state index in [0.717, 1.165) is 41.6 Å². The van der Waals surface area contributed by atoms with Crippen molar-refractivity contribution in [3.63, 3.8) is 0 Å². The van der Waals surface area contributed by atoms with Crippen molar-refractivity contribution in [2.75, 3.05) is 11.9 Å². The number of hydrogen-bond donors (Lipinski definition) is 0. The van der Waals surface area contributed by atoms with Crippen LogP contribution in [0.2, 0.25) is 0 Å². The van der Waals surface area contributed by atoms with Crippen molar-refractivity contribution in [1.82, 2.24) is 9.55 Å². The molecular weight excluding hydrogens is 268 g/mol. The molecule has 0 bridgehead atoms. The third-order valence-corrected chi connectivity index (χ3v) is 3.04. The largest absolute Gasteiger partial charge is 0.492 e. The fraction of sp³-hybridized carbons (Fsp3) is 0.417. The summed E-state index contributed by atoms with van der Waals surface area (Å²) in [5.41, 5.74) is 0.993. The Morgan fingerprint density at radius 1 is 1.44 bits per heavy atom. The van der Waals surface area contributed by atoms with Gasteiger partial charge in [0.25, 0.3) is 0 Å². The number of ether oxygens (including phenoxy) is 1. The van der Waals surface area contributed by atoms with Gasteiger partial charge in [-0.2, -0.15) is 0 Å². The SMILES string of the molecule is Cn1ccc2cc(OCCCCBr)cnc21. The Morgan fingerprint density at radius 3 is 3.12 bits per heavy atom. The molecule has 0 unspecified atom stereocenters. The van der Waals surface area contributed by atoms with Crippen LogP contribution in [0.1, 0.15) is 12.8 Å². The van der Waals surface area contributed by atoms with Crippen LogP contribution in [-0.2, 0) is 7.05 Å². The second kappa shape index (κ2) is 5.34. The van der Waals surface area contributed by atoms with Gasteiger partial charge >= 0.3 is 0 Å². The highest BCUT2D eigenvalue weighted by Gasteiger charge is 2.01. The van der Waals surface area contributed by atoms with E-state index in [4.69, 9.17) is 4.74 Å². The lowest BCUT2D eigenvalue weighted by atomic mass is 10.3. The van der Waals surface area contributed by atoms with Crippen molar-refractivity contribution in [3.8, 4) is 5.75 Å². The zero-order chi connectivity index (χ0) is 11.4. The monoisotopic (exact) mass is 282 g/mol. The lowest BCUT2D eigenvalue weighted by Gasteiger charge is -2.05. The summed E-state index contributed by atoms with van der Waals surface area (Å²) in [6.45, 7) is 0.756. The third kappa shape index (κ3) is 2.55. The van der Waals surface area contributed by atoms with Crippen LogP contribution in [0.25, 0.3) is 11.0 Å². The molecule has 0 aromatic carbocycles. The van der Waals surface area contributed by atoms with Crippen LogP contribution in [0.3, 0.4) is 0 Å². The van der Waals surface area contributed by atoms with Gasteiger partial charge in [-0.3, -0.25) is 0 Å². The first-order valence-corrected chi connectivity index (χ1v) is 6.53. The maximum absolute atomic E-state index is 5.63. The van der Waals surface area contributed by atoms with E-state index in [0.29, 0.717) is 0 Å². The maximum atomic E-state index is 5.63. The molecule has 86 valence electrons. The molecule has 0 radical (unpaired) electrons. The minimum Gasteiger partial charge on any atom is -0.492 e. The van der Waals surface area contributed by atoms with Crippen LogP contribution < -0.4 is 4.74 Å². The van der Waals surface area contributed by atoms with Gasteiger partial charge in [-0.1, -0.05) is 15.9 Å². The van der Waals surface area contributed by atoms with E-state index in [1.807, 2.05) is 29.9 Å². The Balaban J connectivity index is 2.02. The first-order valence-electron chi connectivity index (χ1n) is 5.41. The minimum absolute atomic E-state index is 0.756. The highest BCUT2D eigenvalue weighted by atomic mass is 79.9. The van der Waals surface area contributed by atoms with E-state index >= 15 is 0 Å². The van der Waals surface area contributed by atoms with E-state index in [1.54, 1.807) is 6.20 Å². The van der Waals surface area contributed by atoms with Crippen LogP contribution in [-0.4, -0.2) is 21.5 Å². The number of halogens is 1. The smallest absolute Gasteiger partial charge is 0.139 e. The molecule has 0 saturated heterocycles. The van der Waals surface area contributed by atoms with Gasteiger partial charge in [-0.25, -0.2) is 4.98 Å². The summed E-state index contributed by atoms with van der Waals surface area (Å²) in [5, 5.41) is 2.16. The summed E-state index contributed by atoms with van der Waals surface area (Å²) in [6.07, 6.45) is 6.00. The zero-order valence-corrected chi connectivity index (χ0v) is 10.9. The van der Waals surface area contributed by atoms with Crippen LogP contribution >= 0.6 is 15.9 Å². The summed E-state index contributed by atoms with van der Waals surface area (Å²) in [7, 11) is 1.99. The number of nitrogens with zero attached hydrogens (tertiary/aromatic N) is 2. The van der Waals surface area contributed by atoms with Gasteiger partial charge in [0.1, 0.15) is 11.4 Å². The lowest BCUT2D eigenvalue weighted by molar-refractivity contribution is 0.309. The molecule has 0 amide bonds. The van der Waals surface area contributed by atoms with Gasteiger partial charge in [0.15, 0.2) is 0 Å². The molecule has 0 saturated carbocycles. The molecule has 2 aromatic heterocycles. The topological polar surface area (TPSA) is 27.1 Å². The molecule has 0 aliphatic carbocycles. The van der Waals surface area contributed by atoms with Gasteiger partial charge in [0.2, 0.25) is 0 Å². The number of fused-ring (bicyclic) bond motifs is 1. The predicted molar refractivity (Wildman–Crippen MR) is 69.2 cm³/mol. The summed E-state index contributed by atoms with van der Waals surface area (Å²) in [5.74, 6) is 0.855. The fourth-order valence-corrected chi connectivity index (χ4v) is 2.00. The molecule has 2 aromatic rings. The van der Waals surface area contributed by atoms with Crippen LogP contribution in [0.15, 0.2) is 24.5 Å². The molecule has 0 atom stereocenters. The normalized spacial score (nSPS) is 10.9. The third-order valence-electron chi connectivity index (χ3n) is 2.48. The van der Waals surface area contributed by atoms with E-state index in [1.165, 1.54) is 0 Å². The standard InChI is InChI=1S/C12H15BrN2O/c1-15-6-4-10-8-11(9-14-12(10)15)16-7-3-2-5-13/h4,6,8-9H,2-3,5,7H2,1H3. The van der Waals surface area contributed by atoms with E-state index < -0.39 is 0 Å². The van der Waals surface area contributed by atoms with Crippen LogP contribution in [0.4, 0.5) is 0 Å². The second-order valence-corrected chi connectivity index (χ2v) is 4.55. The molecule has 0 N–H and O–H groups in total. The summed E-state index contributed by atoms with van der Waals surface area (Å²) in [6, 6.07) is 4.09. The molecule has 3 nitrogen and oxygen atoms in total. The molecule has 16 heavy (non-hydrogen) atoms. The average molecular weight is 283 g/mol. The van der Waals surface area contributed by atoms with Gasteiger partial charge < -0.3 is 9.30 Å². The molecule has 0 fully saturated rings. The zero-order valence-electron chi connectivity index (χ0n) is 9.32. The molecule has 2 rings (SSSR count). The Bertz CT molecular complexity index is 467. The first-order chi connectivity index (χ1) is 7.81. The predicted octanol–water partition coefficient (Wildman–Crippen LogP) is 3.13. The van der Waals surface area contributed by atoms with Crippen molar-refractivity contribution >= 4 is 27.0 Å². The summed E-state index contributed by atoms with van der Waals surface area (Å²) < 4.78 is 7.64. The van der Waals surface area contributed by atoms with E-state index in [-0.39, 0.29) is 0 Å². The molecule has 0 aliphatic heterocycles. The number of pyridine rings is 1. The van der Waals surface area contributed by atoms with Gasteiger partial charge in [-0.05, 0) is 25.0 Å². The molecular formula is C12H15BrN2O.